The molecule has 0 saturated heterocycles. The number of rotatable bonds is 14. The van der Waals surface area contributed by atoms with Gasteiger partial charge in [0.15, 0.2) is 5.78 Å². The third-order valence-corrected chi connectivity index (χ3v) is 3.15. The van der Waals surface area contributed by atoms with Crippen LogP contribution < -0.4 is 0 Å². The molecule has 3 nitrogen and oxygen atoms in total. The van der Waals surface area contributed by atoms with Gasteiger partial charge in [-0.25, -0.2) is 4.79 Å². The zero-order valence-corrected chi connectivity index (χ0v) is 12.9. The number of carboxylic acid groups (broad SMARTS) is 1. The van der Waals surface area contributed by atoms with Crippen LogP contribution in [0.3, 0.4) is 0 Å². The fourth-order valence-corrected chi connectivity index (χ4v) is 1.95. The number of ketones is 1. The van der Waals surface area contributed by atoms with E-state index in [0.717, 1.165) is 44.3 Å². The van der Waals surface area contributed by atoms with Gasteiger partial charge < -0.3 is 5.11 Å². The van der Waals surface area contributed by atoms with Gasteiger partial charge in [-0.15, -0.1) is 6.58 Å². The molecule has 0 amide bonds. The maximum atomic E-state index is 11.3. The molecule has 0 unspecified atom stereocenters. The molecule has 3 heteroatoms. The third-order valence-electron chi connectivity index (χ3n) is 3.15. The number of hydrogen-bond acceptors (Lipinski definition) is 2. The van der Waals surface area contributed by atoms with Crippen molar-refractivity contribution in [2.24, 2.45) is 0 Å². The molecule has 0 aromatic rings. The zero-order valence-electron chi connectivity index (χ0n) is 12.9. The van der Waals surface area contributed by atoms with Crippen molar-refractivity contribution in [3.63, 3.8) is 0 Å². The fraction of sp³-hybridized carbons (Fsp3) is 0.556. The molecule has 0 saturated carbocycles. The second-order valence-corrected chi connectivity index (χ2v) is 5.14. The molecule has 0 aromatic heterocycles. The molecule has 0 heterocycles. The lowest BCUT2D eigenvalue weighted by molar-refractivity contribution is -0.131. The Bertz CT molecular complexity index is 353. The molecule has 0 aliphatic heterocycles. The second kappa shape index (κ2) is 14.8. The van der Waals surface area contributed by atoms with Crippen LogP contribution in [-0.4, -0.2) is 16.9 Å². The number of allylic oxidation sites excluding steroid dienone is 4. The smallest absolute Gasteiger partial charge is 0.328 e. The molecule has 0 atom stereocenters. The number of unbranched alkanes of at least 4 members (excludes halogenated alkanes) is 7. The van der Waals surface area contributed by atoms with Crippen LogP contribution in [-0.2, 0) is 9.59 Å². The number of aliphatic carboxylic acids is 1. The first-order valence-electron chi connectivity index (χ1n) is 7.86. The minimum absolute atomic E-state index is 0.110. The van der Waals surface area contributed by atoms with Gasteiger partial charge in [0.25, 0.3) is 0 Å². The Kier molecular flexibility index (Phi) is 13.6. The first-order chi connectivity index (χ1) is 10.2. The predicted molar refractivity (Wildman–Crippen MR) is 87.3 cm³/mol. The monoisotopic (exact) mass is 292 g/mol. The molecular formula is C18H28O3. The van der Waals surface area contributed by atoms with E-state index in [0.29, 0.717) is 6.42 Å². The summed E-state index contributed by atoms with van der Waals surface area (Å²) in [6.45, 7) is 3.71. The van der Waals surface area contributed by atoms with Crippen molar-refractivity contribution in [1.82, 2.24) is 0 Å². The van der Waals surface area contributed by atoms with Crippen molar-refractivity contribution >= 4 is 11.8 Å². The number of carbonyl (C=O) groups is 2. The Morgan fingerprint density at radius 3 is 1.95 bits per heavy atom. The van der Waals surface area contributed by atoms with Gasteiger partial charge in [-0.05, 0) is 51.0 Å². The largest absolute Gasteiger partial charge is 0.478 e. The lowest BCUT2D eigenvalue weighted by Crippen LogP contribution is -1.95. The first kappa shape index (κ1) is 19.4. The Morgan fingerprint density at radius 1 is 0.810 bits per heavy atom. The van der Waals surface area contributed by atoms with Gasteiger partial charge in [0.2, 0.25) is 0 Å². The average Bonchev–Trinajstić information content (AvgIpc) is 2.46. The van der Waals surface area contributed by atoms with E-state index in [1.807, 2.05) is 6.08 Å². The molecule has 0 aliphatic carbocycles. The summed E-state index contributed by atoms with van der Waals surface area (Å²) in [7, 11) is 0. The van der Waals surface area contributed by atoms with E-state index >= 15 is 0 Å². The predicted octanol–water partition coefficient (Wildman–Crippen LogP) is 4.84. The van der Waals surface area contributed by atoms with Crippen molar-refractivity contribution in [2.75, 3.05) is 0 Å². The molecule has 0 fully saturated rings. The maximum Gasteiger partial charge on any atom is 0.328 e. The Labute approximate surface area is 128 Å². The van der Waals surface area contributed by atoms with E-state index < -0.39 is 5.97 Å². The van der Waals surface area contributed by atoms with Gasteiger partial charge in [0, 0.05) is 12.5 Å². The molecular weight excluding hydrogens is 264 g/mol. The van der Waals surface area contributed by atoms with E-state index in [4.69, 9.17) is 5.11 Å². The van der Waals surface area contributed by atoms with Crippen LogP contribution in [0.15, 0.2) is 37.0 Å². The normalized spacial score (nSPS) is 11.2. The standard InChI is InChI=1S/C18H28O3/c1-2-3-4-5-6-7-8-9-10-11-12-13-14-17(19)15-16-18(20)21/h2,9-10,15-16H,1,3-8,11-14H2,(H,20,21). The molecule has 0 rings (SSSR count). The van der Waals surface area contributed by atoms with Gasteiger partial charge in [-0.1, -0.05) is 31.1 Å². The van der Waals surface area contributed by atoms with Gasteiger partial charge in [-0.2, -0.15) is 0 Å². The van der Waals surface area contributed by atoms with Gasteiger partial charge in [-0.3, -0.25) is 4.79 Å². The van der Waals surface area contributed by atoms with Crippen molar-refractivity contribution < 1.29 is 14.7 Å². The molecule has 118 valence electrons. The Balaban J connectivity index is 3.34. The first-order valence-corrected chi connectivity index (χ1v) is 7.86. The molecule has 0 bridgehead atoms. The highest BCUT2D eigenvalue weighted by atomic mass is 16.4. The van der Waals surface area contributed by atoms with Crippen molar-refractivity contribution in [3.05, 3.63) is 37.0 Å². The van der Waals surface area contributed by atoms with E-state index in [1.165, 1.54) is 25.7 Å². The van der Waals surface area contributed by atoms with Crippen molar-refractivity contribution in [3.8, 4) is 0 Å². The average molecular weight is 292 g/mol. The van der Waals surface area contributed by atoms with Crippen molar-refractivity contribution in [2.45, 2.75) is 64.2 Å². The summed E-state index contributed by atoms with van der Waals surface area (Å²) in [4.78, 5) is 21.5. The SMILES string of the molecule is C=CCCCCCCC=CCCCCC(=O)C=CC(=O)O. The summed E-state index contributed by atoms with van der Waals surface area (Å²) >= 11 is 0. The van der Waals surface area contributed by atoms with E-state index in [2.05, 4.69) is 18.7 Å². The fourth-order valence-electron chi connectivity index (χ4n) is 1.95. The highest BCUT2D eigenvalue weighted by Gasteiger charge is 1.97. The highest BCUT2D eigenvalue weighted by molar-refractivity contribution is 5.95. The van der Waals surface area contributed by atoms with Crippen LogP contribution >= 0.6 is 0 Å². The van der Waals surface area contributed by atoms with Gasteiger partial charge in [0.05, 0.1) is 0 Å². The summed E-state index contributed by atoms with van der Waals surface area (Å²) in [5.74, 6) is -1.18. The van der Waals surface area contributed by atoms with Crippen LogP contribution in [0.5, 0.6) is 0 Å². The third kappa shape index (κ3) is 16.3. The summed E-state index contributed by atoms with van der Waals surface area (Å²) in [6.07, 6.45) is 18.9. The number of carbonyl (C=O) groups excluding carboxylic acids is 1. The van der Waals surface area contributed by atoms with Crippen molar-refractivity contribution in [1.29, 1.82) is 0 Å². The summed E-state index contributed by atoms with van der Waals surface area (Å²) < 4.78 is 0. The molecule has 1 N–H and O–H groups in total. The van der Waals surface area contributed by atoms with Gasteiger partial charge >= 0.3 is 5.97 Å². The molecule has 21 heavy (non-hydrogen) atoms. The van der Waals surface area contributed by atoms with Crippen LogP contribution in [0.1, 0.15) is 64.2 Å². The number of carboxylic acids is 1. The Morgan fingerprint density at radius 2 is 1.38 bits per heavy atom. The Hall–Kier alpha value is -1.64. The minimum atomic E-state index is -1.07. The molecule has 0 aliphatic rings. The zero-order chi connectivity index (χ0) is 15.8. The molecule has 0 spiro atoms. The second-order valence-electron chi connectivity index (χ2n) is 5.14. The molecule has 0 aromatic carbocycles. The summed E-state index contributed by atoms with van der Waals surface area (Å²) in [6, 6.07) is 0. The maximum absolute atomic E-state index is 11.3. The topological polar surface area (TPSA) is 54.4 Å². The highest BCUT2D eigenvalue weighted by Crippen LogP contribution is 2.07. The van der Waals surface area contributed by atoms with Crippen LogP contribution in [0, 0.1) is 0 Å². The van der Waals surface area contributed by atoms with E-state index in [9.17, 15) is 9.59 Å². The lowest BCUT2D eigenvalue weighted by Gasteiger charge is -1.97. The van der Waals surface area contributed by atoms with E-state index in [1.54, 1.807) is 0 Å². The van der Waals surface area contributed by atoms with Crippen LogP contribution in [0.25, 0.3) is 0 Å². The van der Waals surface area contributed by atoms with Crippen LogP contribution in [0.4, 0.5) is 0 Å². The number of hydrogen-bond donors (Lipinski definition) is 1. The summed E-state index contributed by atoms with van der Waals surface area (Å²) in [5, 5.41) is 8.38. The quantitative estimate of drug-likeness (QED) is 0.283. The van der Waals surface area contributed by atoms with Gasteiger partial charge in [0.1, 0.15) is 0 Å². The van der Waals surface area contributed by atoms with Crippen LogP contribution in [0.2, 0.25) is 0 Å². The molecule has 0 radical (unpaired) electrons. The summed E-state index contributed by atoms with van der Waals surface area (Å²) in [5.41, 5.74) is 0. The minimum Gasteiger partial charge on any atom is -0.478 e. The van der Waals surface area contributed by atoms with E-state index in [-0.39, 0.29) is 5.78 Å². The lowest BCUT2D eigenvalue weighted by atomic mass is 10.1.